The largest absolute Gasteiger partial charge is 0.305 e. The molecule has 0 aliphatic rings. The molecule has 0 aromatic heterocycles. The molecule has 0 saturated heterocycles. The van der Waals surface area contributed by atoms with Crippen molar-refractivity contribution in [1.82, 2.24) is 0 Å². The molecule has 0 fully saturated rings. The summed E-state index contributed by atoms with van der Waals surface area (Å²) in [6.45, 7) is 27.4. The highest BCUT2D eigenvalue weighted by molar-refractivity contribution is 7.93. The molecule has 0 spiro atoms. The van der Waals surface area contributed by atoms with Gasteiger partial charge in [-0.25, -0.2) is 0 Å². The Kier molecular flexibility index (Phi) is 11.4. The summed E-state index contributed by atoms with van der Waals surface area (Å²) in [5.41, 5.74) is 11.4. The second kappa shape index (κ2) is 15.2. The van der Waals surface area contributed by atoms with Gasteiger partial charge in [-0.1, -0.05) is 92.9 Å². The van der Waals surface area contributed by atoms with E-state index < -0.39 is 12.7 Å². The van der Waals surface area contributed by atoms with Gasteiger partial charge in [0.2, 0.25) is 12.7 Å². The molecule has 5 heteroatoms. The summed E-state index contributed by atoms with van der Waals surface area (Å²) in [5, 5.41) is 0.774. The number of aryl methyl sites for hydroxylation is 9. The molecule has 0 radical (unpaired) electrons. The summed E-state index contributed by atoms with van der Waals surface area (Å²) in [6, 6.07) is 21.2. The van der Waals surface area contributed by atoms with Crippen molar-refractivity contribution in [1.29, 1.82) is 0 Å². The Morgan fingerprint density at radius 2 is 0.889 bits per heavy atom. The monoisotopic (exact) mass is 738 g/mol. The highest BCUT2D eigenvalue weighted by Crippen LogP contribution is 2.51. The first-order valence-corrected chi connectivity index (χ1v) is 20.7. The van der Waals surface area contributed by atoms with Crippen molar-refractivity contribution in [2.45, 2.75) is 109 Å². The van der Waals surface area contributed by atoms with Crippen LogP contribution in [0, 0.1) is 69.2 Å². The van der Waals surface area contributed by atoms with Gasteiger partial charge in [0.05, 0.1) is 0 Å². The molecule has 280 valence electrons. The van der Waals surface area contributed by atoms with Crippen LogP contribution in [0.15, 0.2) is 66.7 Å². The predicted octanol–water partition coefficient (Wildman–Crippen LogP) is 11.6. The molecule has 0 amide bonds. The van der Waals surface area contributed by atoms with Crippen LogP contribution in [0.1, 0.15) is 148 Å². The van der Waals surface area contributed by atoms with E-state index in [1.165, 1.54) is 0 Å². The number of benzene rings is 5. The fourth-order valence-corrected chi connectivity index (χ4v) is 11.8. The standard InChI is InChI=1S/C49H55O4P/c1-26(2)38-15-16-39(27(3)4)42(25-38)54(53,49(52)45-35(12)23-30(7)24-36(45)13)41-18-17-40(47(50)43-31(8)19-28(5)20-32(43)9)46(37(41)14)48(51)44-33(10)21-29(6)22-34(44)11/h15-27H,1-14H3. The van der Waals surface area contributed by atoms with Gasteiger partial charge in [0.15, 0.2) is 11.6 Å². The van der Waals surface area contributed by atoms with Crippen molar-refractivity contribution in [3.05, 3.63) is 161 Å². The van der Waals surface area contributed by atoms with Crippen LogP contribution in [0.2, 0.25) is 0 Å². The SMILES string of the molecule is Cc1cc(C)c(C(=O)c2ccc(P(=O)(C(=O)c3c(C)cc(C)cc3C)c3cc(C(C)C)ccc3C(C)C)c(C)c2C(=O)c2c(C)cc(C)cc2C)c(C)c1. The van der Waals surface area contributed by atoms with Gasteiger partial charge in [-0.3, -0.25) is 14.4 Å². The average molecular weight is 739 g/mol. The number of carbonyl (C=O) groups excluding carboxylic acids is 3. The van der Waals surface area contributed by atoms with Gasteiger partial charge in [-0.2, -0.15) is 0 Å². The molecule has 1 unspecified atom stereocenters. The van der Waals surface area contributed by atoms with E-state index in [0.29, 0.717) is 27.6 Å². The molecular formula is C49H55O4P. The molecule has 54 heavy (non-hydrogen) atoms. The summed E-state index contributed by atoms with van der Waals surface area (Å²) in [5.74, 6) is -0.531. The van der Waals surface area contributed by atoms with Crippen LogP contribution in [0.3, 0.4) is 0 Å². The van der Waals surface area contributed by atoms with Crippen molar-refractivity contribution in [3.63, 3.8) is 0 Å². The highest BCUT2D eigenvalue weighted by atomic mass is 31.2. The zero-order valence-electron chi connectivity index (χ0n) is 34.6. The Hall–Kier alpha value is -4.66. The van der Waals surface area contributed by atoms with E-state index in [1.807, 2.05) is 125 Å². The first kappa shape index (κ1) is 40.5. The smallest absolute Gasteiger partial charge is 0.230 e. The topological polar surface area (TPSA) is 68.3 Å². The van der Waals surface area contributed by atoms with Crippen LogP contribution in [0.5, 0.6) is 0 Å². The van der Waals surface area contributed by atoms with Crippen LogP contribution >= 0.6 is 7.14 Å². The number of rotatable bonds is 10. The lowest BCUT2D eigenvalue weighted by Gasteiger charge is -2.28. The van der Waals surface area contributed by atoms with E-state index in [9.17, 15) is 4.79 Å². The first-order chi connectivity index (χ1) is 25.2. The quantitative estimate of drug-likeness (QED) is 0.106. The fourth-order valence-electron chi connectivity index (χ4n) is 8.56. The van der Waals surface area contributed by atoms with Gasteiger partial charge in [0, 0.05) is 38.4 Å². The molecular weight excluding hydrogens is 684 g/mol. The summed E-state index contributed by atoms with van der Waals surface area (Å²) < 4.78 is 16.7. The van der Waals surface area contributed by atoms with Crippen LogP contribution in [0.4, 0.5) is 0 Å². The summed E-state index contributed by atoms with van der Waals surface area (Å²) in [6.07, 6.45) is 0. The molecule has 4 nitrogen and oxygen atoms in total. The van der Waals surface area contributed by atoms with Crippen molar-refractivity contribution in [2.24, 2.45) is 0 Å². The second-order valence-electron chi connectivity index (χ2n) is 16.2. The van der Waals surface area contributed by atoms with E-state index >= 15 is 14.2 Å². The van der Waals surface area contributed by atoms with Gasteiger partial charge in [0.1, 0.15) is 0 Å². The summed E-state index contributed by atoms with van der Waals surface area (Å²) in [4.78, 5) is 45.5. The molecule has 0 N–H and O–H groups in total. The lowest BCUT2D eigenvalue weighted by Crippen LogP contribution is -2.31. The van der Waals surface area contributed by atoms with Crippen LogP contribution in [-0.4, -0.2) is 17.1 Å². The van der Waals surface area contributed by atoms with E-state index in [1.54, 1.807) is 19.1 Å². The van der Waals surface area contributed by atoms with Crippen LogP contribution < -0.4 is 10.6 Å². The summed E-state index contributed by atoms with van der Waals surface area (Å²) >= 11 is 0. The van der Waals surface area contributed by atoms with Gasteiger partial charge >= 0.3 is 0 Å². The number of hydrogen-bond donors (Lipinski definition) is 0. The van der Waals surface area contributed by atoms with E-state index in [0.717, 1.165) is 61.2 Å². The lowest BCUT2D eigenvalue weighted by molar-refractivity contribution is 0.100. The maximum Gasteiger partial charge on any atom is 0.230 e. The fraction of sp³-hybridized carbons (Fsp3) is 0.327. The van der Waals surface area contributed by atoms with Crippen molar-refractivity contribution < 1.29 is 18.9 Å². The number of ketones is 2. The number of carbonyl (C=O) groups is 3. The molecule has 5 rings (SSSR count). The Labute approximate surface area is 322 Å². The predicted molar refractivity (Wildman–Crippen MR) is 226 cm³/mol. The molecule has 5 aromatic rings. The molecule has 0 aliphatic carbocycles. The van der Waals surface area contributed by atoms with E-state index in [2.05, 4.69) is 19.9 Å². The number of hydrogen-bond acceptors (Lipinski definition) is 4. The Morgan fingerprint density at radius 1 is 0.463 bits per heavy atom. The third kappa shape index (κ3) is 7.14. The van der Waals surface area contributed by atoms with Crippen LogP contribution in [0.25, 0.3) is 0 Å². The third-order valence-corrected chi connectivity index (χ3v) is 13.9. The highest BCUT2D eigenvalue weighted by Gasteiger charge is 2.43. The van der Waals surface area contributed by atoms with Gasteiger partial charge in [-0.05, 0) is 149 Å². The van der Waals surface area contributed by atoms with Crippen LogP contribution in [-0.2, 0) is 4.57 Å². The molecule has 5 aromatic carbocycles. The van der Waals surface area contributed by atoms with Gasteiger partial charge in [-0.15, -0.1) is 0 Å². The van der Waals surface area contributed by atoms with Gasteiger partial charge in [0.25, 0.3) is 0 Å². The lowest BCUT2D eigenvalue weighted by atomic mass is 9.85. The van der Waals surface area contributed by atoms with Crippen molar-refractivity contribution in [3.8, 4) is 0 Å². The Morgan fingerprint density at radius 3 is 1.31 bits per heavy atom. The second-order valence-corrected chi connectivity index (χ2v) is 18.7. The van der Waals surface area contributed by atoms with Crippen molar-refractivity contribution >= 4 is 34.8 Å². The maximum absolute atomic E-state index is 16.7. The minimum Gasteiger partial charge on any atom is -0.305 e. The average Bonchev–Trinajstić information content (AvgIpc) is 3.05. The Balaban J connectivity index is 1.97. The molecule has 0 bridgehead atoms. The minimum atomic E-state index is -4.24. The van der Waals surface area contributed by atoms with E-state index in [4.69, 9.17) is 0 Å². The molecule has 1 atom stereocenters. The van der Waals surface area contributed by atoms with E-state index in [-0.39, 0.29) is 39.8 Å². The maximum atomic E-state index is 16.7. The van der Waals surface area contributed by atoms with Gasteiger partial charge < -0.3 is 4.57 Å². The zero-order valence-corrected chi connectivity index (χ0v) is 35.5. The summed E-state index contributed by atoms with van der Waals surface area (Å²) in [7, 11) is -4.24. The zero-order chi connectivity index (χ0) is 40.1. The normalized spacial score (nSPS) is 12.7. The first-order valence-electron chi connectivity index (χ1n) is 19.0. The molecule has 0 aliphatic heterocycles. The third-order valence-electron chi connectivity index (χ3n) is 10.9. The Bertz CT molecular complexity index is 2350. The molecule has 0 saturated carbocycles. The minimum absolute atomic E-state index is 0.0462. The van der Waals surface area contributed by atoms with Crippen molar-refractivity contribution in [2.75, 3.05) is 0 Å². The molecule has 0 heterocycles.